The molecule has 1 aliphatic rings. The third-order valence-corrected chi connectivity index (χ3v) is 4.63. The Morgan fingerprint density at radius 3 is 2.85 bits per heavy atom. The predicted octanol–water partition coefficient (Wildman–Crippen LogP) is 3.20. The maximum atomic E-state index is 12.9. The van der Waals surface area contributed by atoms with Crippen LogP contribution in [0, 0.1) is 13.8 Å². The van der Waals surface area contributed by atoms with E-state index < -0.39 is 0 Å². The fraction of sp³-hybridized carbons (Fsp3) is 0.316. The van der Waals surface area contributed by atoms with Crippen molar-refractivity contribution in [1.82, 2.24) is 24.8 Å². The number of aryl methyl sites for hydroxylation is 2. The van der Waals surface area contributed by atoms with Crippen molar-refractivity contribution in [2.24, 2.45) is 0 Å². The van der Waals surface area contributed by atoms with Gasteiger partial charge in [0.15, 0.2) is 12.2 Å². The number of anilines is 2. The van der Waals surface area contributed by atoms with Gasteiger partial charge in [0.2, 0.25) is 5.76 Å². The van der Waals surface area contributed by atoms with E-state index in [2.05, 4.69) is 25.3 Å². The predicted molar refractivity (Wildman–Crippen MR) is 98.5 cm³/mol. The van der Waals surface area contributed by atoms with Crippen LogP contribution in [0.25, 0.3) is 0 Å². The van der Waals surface area contributed by atoms with Crippen molar-refractivity contribution in [2.45, 2.75) is 32.7 Å². The Kier molecular flexibility index (Phi) is 4.53. The van der Waals surface area contributed by atoms with Crippen molar-refractivity contribution in [3.05, 3.63) is 59.8 Å². The third-order valence-electron chi connectivity index (χ3n) is 4.63. The molecule has 0 spiro atoms. The maximum Gasteiger partial charge on any atom is 0.292 e. The lowest BCUT2D eigenvalue weighted by Gasteiger charge is -2.24. The van der Waals surface area contributed by atoms with E-state index in [9.17, 15) is 4.79 Å². The lowest BCUT2D eigenvalue weighted by molar-refractivity contribution is 0.0700. The molecule has 4 rings (SSSR count). The fourth-order valence-electron chi connectivity index (χ4n) is 3.35. The van der Waals surface area contributed by atoms with Crippen LogP contribution in [-0.4, -0.2) is 37.3 Å². The fourth-order valence-corrected chi connectivity index (χ4v) is 3.35. The van der Waals surface area contributed by atoms with Crippen molar-refractivity contribution in [3.8, 4) is 0 Å². The van der Waals surface area contributed by atoms with Crippen LogP contribution in [0.3, 0.4) is 0 Å². The average Bonchev–Trinajstić information content (AvgIpc) is 3.31. The Morgan fingerprint density at radius 1 is 1.22 bits per heavy atom. The van der Waals surface area contributed by atoms with E-state index in [0.717, 1.165) is 24.2 Å². The first kappa shape index (κ1) is 17.1. The molecule has 0 aliphatic carbocycles. The number of hydrogen-bond donors (Lipinski definition) is 1. The van der Waals surface area contributed by atoms with Gasteiger partial charge in [0.05, 0.1) is 11.7 Å². The van der Waals surface area contributed by atoms with Gasteiger partial charge in [-0.05, 0) is 38.8 Å². The Balaban J connectivity index is 1.64. The minimum atomic E-state index is -0.178. The molecular weight excluding hydrogens is 344 g/mol. The van der Waals surface area contributed by atoms with E-state index >= 15 is 0 Å². The van der Waals surface area contributed by atoms with Crippen molar-refractivity contribution in [3.63, 3.8) is 0 Å². The molecule has 1 atom stereocenters. The molecule has 1 fully saturated rings. The number of pyridine rings is 1. The SMILES string of the molecule is Cc1cccc(Nc2nccnc2[C@H]2CCCN2C(=O)c2ocnc2C)n1. The number of carbonyl (C=O) groups excluding carboxylic acids is 1. The second kappa shape index (κ2) is 7.14. The van der Waals surface area contributed by atoms with E-state index in [1.165, 1.54) is 6.39 Å². The van der Waals surface area contributed by atoms with Gasteiger partial charge in [0.1, 0.15) is 11.5 Å². The first-order valence-corrected chi connectivity index (χ1v) is 8.86. The van der Waals surface area contributed by atoms with E-state index in [0.29, 0.717) is 23.9 Å². The topological polar surface area (TPSA) is 97.0 Å². The minimum Gasteiger partial charge on any atom is -0.438 e. The summed E-state index contributed by atoms with van der Waals surface area (Å²) >= 11 is 0. The van der Waals surface area contributed by atoms with E-state index in [4.69, 9.17) is 4.42 Å². The largest absolute Gasteiger partial charge is 0.438 e. The van der Waals surface area contributed by atoms with Gasteiger partial charge < -0.3 is 14.6 Å². The Hall–Kier alpha value is -3.29. The van der Waals surface area contributed by atoms with Crippen LogP contribution in [0.4, 0.5) is 11.6 Å². The molecule has 0 saturated carbocycles. The average molecular weight is 364 g/mol. The van der Waals surface area contributed by atoms with Gasteiger partial charge in [-0.3, -0.25) is 9.78 Å². The number of rotatable bonds is 4. The van der Waals surface area contributed by atoms with Crippen molar-refractivity contribution in [1.29, 1.82) is 0 Å². The molecule has 138 valence electrons. The van der Waals surface area contributed by atoms with Crippen LogP contribution < -0.4 is 5.32 Å². The quantitative estimate of drug-likeness (QED) is 0.759. The molecule has 1 amide bonds. The summed E-state index contributed by atoms with van der Waals surface area (Å²) in [6.07, 6.45) is 6.27. The zero-order valence-corrected chi connectivity index (χ0v) is 15.2. The van der Waals surface area contributed by atoms with Gasteiger partial charge in [0, 0.05) is 24.6 Å². The zero-order chi connectivity index (χ0) is 18.8. The molecule has 8 nitrogen and oxygen atoms in total. The highest BCUT2D eigenvalue weighted by Gasteiger charge is 2.35. The summed E-state index contributed by atoms with van der Waals surface area (Å²) < 4.78 is 5.30. The molecule has 3 aromatic heterocycles. The molecule has 0 radical (unpaired) electrons. The van der Waals surface area contributed by atoms with Gasteiger partial charge in [0.25, 0.3) is 5.91 Å². The zero-order valence-electron chi connectivity index (χ0n) is 15.2. The maximum absolute atomic E-state index is 12.9. The first-order chi connectivity index (χ1) is 13.1. The number of oxazole rings is 1. The van der Waals surface area contributed by atoms with Crippen molar-refractivity contribution < 1.29 is 9.21 Å². The normalized spacial score (nSPS) is 16.5. The highest BCUT2D eigenvalue weighted by atomic mass is 16.3. The van der Waals surface area contributed by atoms with Gasteiger partial charge in [-0.1, -0.05) is 6.07 Å². The number of amides is 1. The van der Waals surface area contributed by atoms with Crippen LogP contribution in [0.1, 0.15) is 46.5 Å². The van der Waals surface area contributed by atoms with Crippen molar-refractivity contribution >= 4 is 17.5 Å². The second-order valence-corrected chi connectivity index (χ2v) is 6.50. The molecule has 4 heterocycles. The highest BCUT2D eigenvalue weighted by molar-refractivity contribution is 5.93. The summed E-state index contributed by atoms with van der Waals surface area (Å²) in [7, 11) is 0. The van der Waals surface area contributed by atoms with Crippen LogP contribution in [-0.2, 0) is 0 Å². The molecule has 27 heavy (non-hydrogen) atoms. The van der Waals surface area contributed by atoms with E-state index in [-0.39, 0.29) is 17.7 Å². The molecule has 3 aromatic rings. The summed E-state index contributed by atoms with van der Waals surface area (Å²) in [4.78, 5) is 32.2. The monoisotopic (exact) mass is 364 g/mol. The minimum absolute atomic E-state index is 0.169. The lowest BCUT2D eigenvalue weighted by Crippen LogP contribution is -2.31. The Morgan fingerprint density at radius 2 is 2.07 bits per heavy atom. The molecule has 1 aliphatic heterocycles. The first-order valence-electron chi connectivity index (χ1n) is 8.86. The number of nitrogens with one attached hydrogen (secondary N) is 1. The molecule has 0 unspecified atom stereocenters. The second-order valence-electron chi connectivity index (χ2n) is 6.50. The summed E-state index contributed by atoms with van der Waals surface area (Å²) in [6, 6.07) is 5.56. The molecule has 0 aromatic carbocycles. The van der Waals surface area contributed by atoms with Crippen LogP contribution in [0.2, 0.25) is 0 Å². The smallest absolute Gasteiger partial charge is 0.292 e. The van der Waals surface area contributed by atoms with Crippen LogP contribution >= 0.6 is 0 Å². The van der Waals surface area contributed by atoms with Gasteiger partial charge in [-0.2, -0.15) is 0 Å². The molecule has 8 heteroatoms. The molecular formula is C19H20N6O2. The standard InChI is InChI=1S/C19H20N6O2/c1-12-5-3-7-15(23-12)24-18-16(20-8-9-21-18)14-6-4-10-25(14)19(26)17-13(2)22-11-27-17/h3,5,7-9,11,14H,4,6,10H2,1-2H3,(H,21,23,24)/t14-/m1/s1. The number of carbonyl (C=O) groups is 1. The lowest BCUT2D eigenvalue weighted by atomic mass is 10.1. The number of likely N-dealkylation sites (tertiary alicyclic amines) is 1. The van der Waals surface area contributed by atoms with Gasteiger partial charge in [-0.25, -0.2) is 15.0 Å². The summed E-state index contributed by atoms with van der Waals surface area (Å²) in [5, 5.41) is 3.24. The Labute approximate surface area is 156 Å². The summed E-state index contributed by atoms with van der Waals surface area (Å²) in [6.45, 7) is 4.34. The van der Waals surface area contributed by atoms with Crippen LogP contribution in [0.15, 0.2) is 41.4 Å². The number of aromatic nitrogens is 4. The van der Waals surface area contributed by atoms with Crippen LogP contribution in [0.5, 0.6) is 0 Å². The molecule has 0 bridgehead atoms. The van der Waals surface area contributed by atoms with E-state index in [1.54, 1.807) is 24.2 Å². The Bertz CT molecular complexity index is 970. The number of nitrogens with zero attached hydrogens (tertiary/aromatic N) is 5. The third kappa shape index (κ3) is 3.38. The summed E-state index contributed by atoms with van der Waals surface area (Å²) in [5.41, 5.74) is 2.22. The van der Waals surface area contributed by atoms with Crippen molar-refractivity contribution in [2.75, 3.05) is 11.9 Å². The number of hydrogen-bond acceptors (Lipinski definition) is 7. The molecule has 1 saturated heterocycles. The van der Waals surface area contributed by atoms with Gasteiger partial charge >= 0.3 is 0 Å². The summed E-state index contributed by atoms with van der Waals surface area (Å²) in [5.74, 6) is 1.41. The molecule has 1 N–H and O–H groups in total. The highest BCUT2D eigenvalue weighted by Crippen LogP contribution is 2.35. The van der Waals surface area contributed by atoms with E-state index in [1.807, 2.05) is 25.1 Å². The van der Waals surface area contributed by atoms with Gasteiger partial charge in [-0.15, -0.1) is 0 Å².